The number of nitrogens with zero attached hydrogens (tertiary/aromatic N) is 1. The van der Waals surface area contributed by atoms with Gasteiger partial charge in [-0.05, 0) is 29.7 Å². The van der Waals surface area contributed by atoms with Crippen LogP contribution >= 0.6 is 0 Å². The second kappa shape index (κ2) is 6.56. The zero-order valence-corrected chi connectivity index (χ0v) is 12.8. The highest BCUT2D eigenvalue weighted by Gasteiger charge is 2.36. The number of carbonyl (C=O) groups excluding carboxylic acids is 2. The molecule has 1 aliphatic rings. The predicted molar refractivity (Wildman–Crippen MR) is 82.6 cm³/mol. The van der Waals surface area contributed by atoms with Crippen LogP contribution in [0, 0.1) is 0 Å². The molecule has 3 rings (SSSR count). The third kappa shape index (κ3) is 3.06. The predicted octanol–water partition coefficient (Wildman–Crippen LogP) is 2.26. The van der Waals surface area contributed by atoms with Crippen LogP contribution in [0.4, 0.5) is 4.79 Å². The van der Waals surface area contributed by atoms with Crippen LogP contribution in [0.3, 0.4) is 0 Å². The van der Waals surface area contributed by atoms with Crippen molar-refractivity contribution in [3.8, 4) is 0 Å². The number of hydrogen-bond donors (Lipinski definition) is 1. The molecule has 1 aromatic heterocycles. The van der Waals surface area contributed by atoms with E-state index in [0.29, 0.717) is 18.7 Å². The lowest BCUT2D eigenvalue weighted by Gasteiger charge is -2.35. The van der Waals surface area contributed by atoms with Gasteiger partial charge in [-0.3, -0.25) is 9.69 Å². The van der Waals surface area contributed by atoms with Gasteiger partial charge < -0.3 is 14.5 Å². The fourth-order valence-electron chi connectivity index (χ4n) is 2.85. The van der Waals surface area contributed by atoms with Gasteiger partial charge in [0.15, 0.2) is 0 Å². The van der Waals surface area contributed by atoms with Crippen LogP contribution in [-0.2, 0) is 22.5 Å². The standard InChI is InChI=1S/C17H18N2O4/c1-22-17(21)19-9-8-12-5-2-3-7-14(12)15(19)16(20)18-11-13-6-4-10-23-13/h2-7,10,15H,8-9,11H2,1H3,(H,18,20)/t15-/m0/s1. The number of benzene rings is 1. The highest BCUT2D eigenvalue weighted by Crippen LogP contribution is 2.30. The lowest BCUT2D eigenvalue weighted by atomic mass is 9.92. The van der Waals surface area contributed by atoms with E-state index >= 15 is 0 Å². The molecule has 0 bridgehead atoms. The minimum absolute atomic E-state index is 0.251. The monoisotopic (exact) mass is 314 g/mol. The Hall–Kier alpha value is -2.76. The second-order valence-corrected chi connectivity index (χ2v) is 5.31. The molecule has 1 atom stereocenters. The quantitative estimate of drug-likeness (QED) is 0.943. The Morgan fingerprint density at radius 1 is 1.30 bits per heavy atom. The van der Waals surface area contributed by atoms with Crippen LogP contribution in [0.1, 0.15) is 22.9 Å². The molecule has 0 saturated heterocycles. The van der Waals surface area contributed by atoms with Crippen LogP contribution in [0.25, 0.3) is 0 Å². The SMILES string of the molecule is COC(=O)N1CCc2ccccc2[C@H]1C(=O)NCc1ccco1. The van der Waals surface area contributed by atoms with E-state index in [1.165, 1.54) is 12.0 Å². The van der Waals surface area contributed by atoms with Crippen molar-refractivity contribution in [3.63, 3.8) is 0 Å². The van der Waals surface area contributed by atoms with Crippen LogP contribution in [0.2, 0.25) is 0 Å². The summed E-state index contributed by atoms with van der Waals surface area (Å²) in [6, 6.07) is 10.5. The Bertz CT molecular complexity index is 696. The Labute approximate surface area is 134 Å². The molecule has 2 aromatic rings. The molecule has 0 saturated carbocycles. The van der Waals surface area contributed by atoms with Gasteiger partial charge in [0.2, 0.25) is 5.91 Å². The zero-order chi connectivity index (χ0) is 16.2. The van der Waals surface area contributed by atoms with E-state index in [1.807, 2.05) is 24.3 Å². The molecule has 23 heavy (non-hydrogen) atoms. The Balaban J connectivity index is 1.84. The van der Waals surface area contributed by atoms with Crippen molar-refractivity contribution in [2.45, 2.75) is 19.0 Å². The summed E-state index contributed by atoms with van der Waals surface area (Å²) in [6.07, 6.45) is 1.75. The first kappa shape index (κ1) is 15.1. The zero-order valence-electron chi connectivity index (χ0n) is 12.8. The summed E-state index contributed by atoms with van der Waals surface area (Å²) in [4.78, 5) is 26.2. The number of amides is 2. The average molecular weight is 314 g/mol. The molecular weight excluding hydrogens is 296 g/mol. The summed E-state index contributed by atoms with van der Waals surface area (Å²) >= 11 is 0. The summed E-state index contributed by atoms with van der Waals surface area (Å²) in [5.74, 6) is 0.408. The first-order chi connectivity index (χ1) is 11.2. The maximum atomic E-state index is 12.7. The van der Waals surface area contributed by atoms with E-state index in [2.05, 4.69) is 5.32 Å². The molecule has 2 heterocycles. The Morgan fingerprint density at radius 3 is 2.87 bits per heavy atom. The highest BCUT2D eigenvalue weighted by molar-refractivity contribution is 5.87. The van der Waals surface area contributed by atoms with Gasteiger partial charge in [-0.15, -0.1) is 0 Å². The van der Waals surface area contributed by atoms with E-state index in [9.17, 15) is 9.59 Å². The van der Waals surface area contributed by atoms with Crippen molar-refractivity contribution >= 4 is 12.0 Å². The number of methoxy groups -OCH3 is 1. The summed E-state index contributed by atoms with van der Waals surface area (Å²) in [5, 5.41) is 2.82. The second-order valence-electron chi connectivity index (χ2n) is 5.31. The number of furan rings is 1. The summed E-state index contributed by atoms with van der Waals surface area (Å²) in [7, 11) is 1.32. The molecule has 0 fully saturated rings. The third-order valence-electron chi connectivity index (χ3n) is 3.96. The molecule has 0 unspecified atom stereocenters. The van der Waals surface area contributed by atoms with Crippen molar-refractivity contribution in [1.82, 2.24) is 10.2 Å². The summed E-state index contributed by atoms with van der Waals surface area (Å²) < 4.78 is 10.0. The third-order valence-corrected chi connectivity index (χ3v) is 3.96. The van der Waals surface area contributed by atoms with E-state index < -0.39 is 12.1 Å². The lowest BCUT2D eigenvalue weighted by Crippen LogP contribution is -2.47. The van der Waals surface area contributed by atoms with Crippen molar-refractivity contribution in [2.24, 2.45) is 0 Å². The van der Waals surface area contributed by atoms with E-state index in [0.717, 1.165) is 11.1 Å². The van der Waals surface area contributed by atoms with Crippen LogP contribution in [0.5, 0.6) is 0 Å². The highest BCUT2D eigenvalue weighted by atomic mass is 16.5. The van der Waals surface area contributed by atoms with Gasteiger partial charge in [-0.25, -0.2) is 4.79 Å². The number of carbonyl (C=O) groups is 2. The van der Waals surface area contributed by atoms with Gasteiger partial charge >= 0.3 is 6.09 Å². The number of rotatable bonds is 3. The van der Waals surface area contributed by atoms with Gasteiger partial charge in [-0.1, -0.05) is 24.3 Å². The molecule has 0 radical (unpaired) electrons. The maximum absolute atomic E-state index is 12.7. The molecule has 1 N–H and O–H groups in total. The van der Waals surface area contributed by atoms with Gasteiger partial charge in [-0.2, -0.15) is 0 Å². The topological polar surface area (TPSA) is 71.8 Å². The van der Waals surface area contributed by atoms with Gasteiger partial charge in [0.05, 0.1) is 19.9 Å². The molecule has 0 spiro atoms. The van der Waals surface area contributed by atoms with E-state index in [1.54, 1.807) is 18.4 Å². The van der Waals surface area contributed by atoms with Gasteiger partial charge in [0.1, 0.15) is 11.8 Å². The number of hydrogen-bond acceptors (Lipinski definition) is 4. The molecule has 6 heteroatoms. The summed E-state index contributed by atoms with van der Waals surface area (Å²) in [6.45, 7) is 0.724. The molecule has 2 amide bonds. The fraction of sp³-hybridized carbons (Fsp3) is 0.294. The van der Waals surface area contributed by atoms with Gasteiger partial charge in [0, 0.05) is 6.54 Å². The molecule has 120 valence electrons. The molecule has 1 aliphatic heterocycles. The normalized spacial score (nSPS) is 16.6. The largest absolute Gasteiger partial charge is 0.467 e. The minimum atomic E-state index is -0.692. The van der Waals surface area contributed by atoms with Gasteiger partial charge in [0.25, 0.3) is 0 Å². The number of fused-ring (bicyclic) bond motifs is 1. The first-order valence-electron chi connectivity index (χ1n) is 7.43. The Kier molecular flexibility index (Phi) is 4.32. The lowest BCUT2D eigenvalue weighted by molar-refractivity contribution is -0.126. The minimum Gasteiger partial charge on any atom is -0.467 e. The van der Waals surface area contributed by atoms with E-state index in [4.69, 9.17) is 9.15 Å². The van der Waals surface area contributed by atoms with Crippen LogP contribution in [0.15, 0.2) is 47.1 Å². The van der Waals surface area contributed by atoms with Crippen molar-refractivity contribution in [3.05, 3.63) is 59.5 Å². The van der Waals surface area contributed by atoms with Crippen molar-refractivity contribution in [2.75, 3.05) is 13.7 Å². The molecule has 6 nitrogen and oxygen atoms in total. The summed E-state index contributed by atoms with van der Waals surface area (Å²) in [5.41, 5.74) is 1.91. The van der Waals surface area contributed by atoms with Crippen LogP contribution in [-0.4, -0.2) is 30.6 Å². The van der Waals surface area contributed by atoms with E-state index in [-0.39, 0.29) is 12.5 Å². The molecular formula is C17H18N2O4. The van der Waals surface area contributed by atoms with Crippen molar-refractivity contribution < 1.29 is 18.7 Å². The number of ether oxygens (including phenoxy) is 1. The van der Waals surface area contributed by atoms with Crippen LogP contribution < -0.4 is 5.32 Å². The molecule has 1 aromatic carbocycles. The smallest absolute Gasteiger partial charge is 0.410 e. The first-order valence-corrected chi connectivity index (χ1v) is 7.43. The average Bonchev–Trinajstić information content (AvgIpc) is 3.11. The number of nitrogens with one attached hydrogen (secondary N) is 1. The van der Waals surface area contributed by atoms with Crippen molar-refractivity contribution in [1.29, 1.82) is 0 Å². The fourth-order valence-corrected chi connectivity index (χ4v) is 2.85. The molecule has 0 aliphatic carbocycles. The maximum Gasteiger partial charge on any atom is 0.410 e. The Morgan fingerprint density at radius 2 is 2.13 bits per heavy atom.